The van der Waals surface area contributed by atoms with Crippen molar-refractivity contribution >= 4 is 11.8 Å². The number of nitrogens with one attached hydrogen (secondary N) is 2. The van der Waals surface area contributed by atoms with Gasteiger partial charge >= 0.3 is 0 Å². The molecule has 20 heavy (non-hydrogen) atoms. The van der Waals surface area contributed by atoms with Gasteiger partial charge in [0.25, 0.3) is 5.91 Å². The number of unbranched alkanes of at least 4 members (excludes halogenated alkanes) is 1. The molecule has 0 bridgehead atoms. The Hall–Kier alpha value is -1.22. The van der Waals surface area contributed by atoms with Crippen molar-refractivity contribution < 1.29 is 30.0 Å². The number of aliphatic hydroxyl groups excluding tert-OH is 4. The van der Waals surface area contributed by atoms with Gasteiger partial charge in [-0.15, -0.1) is 0 Å². The molecule has 0 spiro atoms. The van der Waals surface area contributed by atoms with Crippen molar-refractivity contribution in [1.29, 1.82) is 0 Å². The standard InChI is InChI=1S/C12H24N2O6/c1-13-9(17)4-2-3-6-14-12(20)11(19)10(18)8(16)5-7-15/h8,10-11,15-16,18-19H,2-7H2,1H3,(H,13,17)(H,14,20). The lowest BCUT2D eigenvalue weighted by Crippen LogP contribution is -2.47. The van der Waals surface area contributed by atoms with E-state index in [1.165, 1.54) is 0 Å². The van der Waals surface area contributed by atoms with Crippen molar-refractivity contribution in [1.82, 2.24) is 10.6 Å². The maximum Gasteiger partial charge on any atom is 0.251 e. The third kappa shape index (κ3) is 7.39. The summed E-state index contributed by atoms with van der Waals surface area (Å²) in [6.45, 7) is -0.0955. The van der Waals surface area contributed by atoms with E-state index >= 15 is 0 Å². The summed E-state index contributed by atoms with van der Waals surface area (Å²) in [6, 6.07) is 0. The van der Waals surface area contributed by atoms with Gasteiger partial charge in [0.05, 0.1) is 6.10 Å². The lowest BCUT2D eigenvalue weighted by Gasteiger charge is -2.21. The number of amides is 2. The second-order valence-corrected chi connectivity index (χ2v) is 4.44. The molecule has 0 saturated heterocycles. The summed E-state index contributed by atoms with van der Waals surface area (Å²) in [5, 5.41) is 41.8. The van der Waals surface area contributed by atoms with Gasteiger partial charge in [0, 0.05) is 26.6 Å². The molecule has 0 aliphatic carbocycles. The maximum atomic E-state index is 11.5. The quantitative estimate of drug-likeness (QED) is 0.246. The predicted molar refractivity (Wildman–Crippen MR) is 70.7 cm³/mol. The molecule has 0 saturated carbocycles. The smallest absolute Gasteiger partial charge is 0.251 e. The Morgan fingerprint density at radius 3 is 2.35 bits per heavy atom. The van der Waals surface area contributed by atoms with Gasteiger partial charge in [-0.1, -0.05) is 0 Å². The zero-order chi connectivity index (χ0) is 15.5. The number of carbonyl (C=O) groups excluding carboxylic acids is 2. The van der Waals surface area contributed by atoms with Crippen molar-refractivity contribution in [3.63, 3.8) is 0 Å². The van der Waals surface area contributed by atoms with Crippen LogP contribution in [0.3, 0.4) is 0 Å². The second-order valence-electron chi connectivity index (χ2n) is 4.44. The van der Waals surface area contributed by atoms with Crippen molar-refractivity contribution in [2.75, 3.05) is 20.2 Å². The summed E-state index contributed by atoms with van der Waals surface area (Å²) in [6.07, 6.45) is -3.39. The van der Waals surface area contributed by atoms with Crippen LogP contribution in [0.2, 0.25) is 0 Å². The highest BCUT2D eigenvalue weighted by Crippen LogP contribution is 2.04. The minimum atomic E-state index is -1.75. The fourth-order valence-corrected chi connectivity index (χ4v) is 1.52. The molecular weight excluding hydrogens is 268 g/mol. The van der Waals surface area contributed by atoms with E-state index in [1.807, 2.05) is 0 Å². The first kappa shape index (κ1) is 18.8. The van der Waals surface area contributed by atoms with E-state index < -0.39 is 24.2 Å². The first-order valence-electron chi connectivity index (χ1n) is 6.57. The van der Waals surface area contributed by atoms with E-state index in [0.29, 0.717) is 19.3 Å². The third-order valence-electron chi connectivity index (χ3n) is 2.82. The van der Waals surface area contributed by atoms with Crippen LogP contribution in [0.5, 0.6) is 0 Å². The molecule has 8 nitrogen and oxygen atoms in total. The predicted octanol–water partition coefficient (Wildman–Crippen LogP) is -2.52. The van der Waals surface area contributed by atoms with Crippen LogP contribution in [0, 0.1) is 0 Å². The van der Waals surface area contributed by atoms with Gasteiger partial charge in [-0.25, -0.2) is 0 Å². The summed E-state index contributed by atoms with van der Waals surface area (Å²) >= 11 is 0. The lowest BCUT2D eigenvalue weighted by molar-refractivity contribution is -0.141. The maximum absolute atomic E-state index is 11.5. The SMILES string of the molecule is CNC(=O)CCCCNC(=O)C(O)C(O)C(O)CCO. The molecule has 3 unspecified atom stereocenters. The van der Waals surface area contributed by atoms with Crippen molar-refractivity contribution in [2.45, 2.75) is 44.0 Å². The van der Waals surface area contributed by atoms with E-state index in [1.54, 1.807) is 7.05 Å². The minimum Gasteiger partial charge on any atom is -0.396 e. The van der Waals surface area contributed by atoms with Crippen LogP contribution in [0.15, 0.2) is 0 Å². The number of aliphatic hydroxyl groups is 4. The van der Waals surface area contributed by atoms with Gasteiger partial charge in [-0.2, -0.15) is 0 Å². The molecule has 0 radical (unpaired) electrons. The van der Waals surface area contributed by atoms with Gasteiger partial charge < -0.3 is 31.1 Å². The molecule has 0 aromatic carbocycles. The Balaban J connectivity index is 3.88. The lowest BCUT2D eigenvalue weighted by atomic mass is 10.0. The number of rotatable bonds is 10. The Kier molecular flexibility index (Phi) is 9.91. The van der Waals surface area contributed by atoms with Gasteiger partial charge in [0.15, 0.2) is 6.10 Å². The normalized spacial score (nSPS) is 15.2. The van der Waals surface area contributed by atoms with Crippen LogP contribution >= 0.6 is 0 Å². The average molecular weight is 292 g/mol. The molecule has 0 heterocycles. The monoisotopic (exact) mass is 292 g/mol. The molecule has 6 N–H and O–H groups in total. The van der Waals surface area contributed by atoms with Gasteiger partial charge in [0.1, 0.15) is 6.10 Å². The molecular formula is C12H24N2O6. The Morgan fingerprint density at radius 1 is 1.15 bits per heavy atom. The molecule has 3 atom stereocenters. The second kappa shape index (κ2) is 10.6. The largest absolute Gasteiger partial charge is 0.396 e. The summed E-state index contributed by atoms with van der Waals surface area (Å²) < 4.78 is 0. The summed E-state index contributed by atoms with van der Waals surface area (Å²) in [7, 11) is 1.54. The van der Waals surface area contributed by atoms with E-state index in [9.17, 15) is 24.9 Å². The third-order valence-corrected chi connectivity index (χ3v) is 2.82. The number of hydrogen-bond acceptors (Lipinski definition) is 6. The highest BCUT2D eigenvalue weighted by Gasteiger charge is 2.29. The Morgan fingerprint density at radius 2 is 1.80 bits per heavy atom. The van der Waals surface area contributed by atoms with Gasteiger partial charge in [0.2, 0.25) is 5.91 Å². The highest BCUT2D eigenvalue weighted by molar-refractivity contribution is 5.81. The van der Waals surface area contributed by atoms with Crippen LogP contribution in [0.1, 0.15) is 25.7 Å². The summed E-state index contributed by atoms with van der Waals surface area (Å²) in [5.41, 5.74) is 0. The van der Waals surface area contributed by atoms with E-state index in [-0.39, 0.29) is 25.5 Å². The molecule has 0 aliphatic rings. The van der Waals surface area contributed by atoms with Crippen LogP contribution in [0.4, 0.5) is 0 Å². The number of carbonyl (C=O) groups is 2. The molecule has 0 fully saturated rings. The van der Waals surface area contributed by atoms with Gasteiger partial charge in [-0.3, -0.25) is 9.59 Å². The topological polar surface area (TPSA) is 139 Å². The summed E-state index contributed by atoms with van der Waals surface area (Å²) in [5.74, 6) is -0.881. The average Bonchev–Trinajstić information content (AvgIpc) is 2.44. The van der Waals surface area contributed by atoms with Crippen molar-refractivity contribution in [2.24, 2.45) is 0 Å². The summed E-state index contributed by atoms with van der Waals surface area (Å²) in [4.78, 5) is 22.4. The van der Waals surface area contributed by atoms with E-state index in [2.05, 4.69) is 10.6 Å². The fraction of sp³-hybridized carbons (Fsp3) is 0.833. The molecule has 0 aromatic rings. The molecule has 118 valence electrons. The van der Waals surface area contributed by atoms with Crippen LogP contribution in [-0.2, 0) is 9.59 Å². The zero-order valence-corrected chi connectivity index (χ0v) is 11.6. The number of hydrogen-bond donors (Lipinski definition) is 6. The highest BCUT2D eigenvalue weighted by atomic mass is 16.4. The Labute approximate surface area is 117 Å². The molecule has 0 aromatic heterocycles. The van der Waals surface area contributed by atoms with Crippen LogP contribution in [0.25, 0.3) is 0 Å². The van der Waals surface area contributed by atoms with Crippen LogP contribution < -0.4 is 10.6 Å². The van der Waals surface area contributed by atoms with E-state index in [4.69, 9.17) is 5.11 Å². The first-order chi connectivity index (χ1) is 9.43. The fourth-order valence-electron chi connectivity index (χ4n) is 1.52. The minimum absolute atomic E-state index is 0.0843. The van der Waals surface area contributed by atoms with E-state index in [0.717, 1.165) is 0 Å². The van der Waals surface area contributed by atoms with Gasteiger partial charge in [-0.05, 0) is 19.3 Å². The van der Waals surface area contributed by atoms with Crippen molar-refractivity contribution in [3.8, 4) is 0 Å². The van der Waals surface area contributed by atoms with Crippen molar-refractivity contribution in [3.05, 3.63) is 0 Å². The first-order valence-corrected chi connectivity index (χ1v) is 6.57. The molecule has 8 heteroatoms. The molecule has 2 amide bonds. The van der Waals surface area contributed by atoms with Crippen LogP contribution in [-0.4, -0.2) is 70.8 Å². The Bertz CT molecular complexity index is 300. The molecule has 0 aliphatic heterocycles. The molecule has 0 rings (SSSR count). The zero-order valence-electron chi connectivity index (χ0n) is 11.6.